The van der Waals surface area contributed by atoms with Crippen LogP contribution in [-0.2, 0) is 12.6 Å². The van der Waals surface area contributed by atoms with Gasteiger partial charge >= 0.3 is 6.18 Å². The monoisotopic (exact) mass is 232 g/mol. The second-order valence-electron chi connectivity index (χ2n) is 3.61. The van der Waals surface area contributed by atoms with Crippen LogP contribution in [0.2, 0.25) is 0 Å². The number of hydrogen-bond donors (Lipinski definition) is 1. The molecular weight excluding hydrogens is 217 g/mol. The van der Waals surface area contributed by atoms with E-state index >= 15 is 0 Å². The zero-order chi connectivity index (χ0) is 12.2. The van der Waals surface area contributed by atoms with Gasteiger partial charge in [-0.3, -0.25) is 0 Å². The largest absolute Gasteiger partial charge is 0.433 e. The zero-order valence-corrected chi connectivity index (χ0v) is 9.30. The van der Waals surface area contributed by atoms with Crippen LogP contribution >= 0.6 is 0 Å². The second kappa shape index (κ2) is 5.30. The molecule has 0 aromatic carbocycles. The number of rotatable bonds is 4. The molecule has 0 spiro atoms. The number of hydrogen-bond acceptors (Lipinski definition) is 2. The number of nitrogens with one attached hydrogen (secondary N) is 1. The summed E-state index contributed by atoms with van der Waals surface area (Å²) in [4.78, 5) is 3.61. The predicted molar refractivity (Wildman–Crippen MR) is 56.1 cm³/mol. The van der Waals surface area contributed by atoms with Gasteiger partial charge in [-0.05, 0) is 25.6 Å². The molecule has 0 fully saturated rings. The molecule has 0 bridgehead atoms. The van der Waals surface area contributed by atoms with Crippen molar-refractivity contribution in [3.05, 3.63) is 29.6 Å². The summed E-state index contributed by atoms with van der Waals surface area (Å²) in [6, 6.07) is 4.17. The van der Waals surface area contributed by atoms with Crippen molar-refractivity contribution in [2.24, 2.45) is 0 Å². The van der Waals surface area contributed by atoms with Gasteiger partial charge in [-0.1, -0.05) is 13.0 Å². The molecule has 1 N–H and O–H groups in total. The van der Waals surface area contributed by atoms with Gasteiger partial charge in [-0.25, -0.2) is 4.98 Å². The molecule has 0 aliphatic heterocycles. The van der Waals surface area contributed by atoms with E-state index in [0.717, 1.165) is 12.5 Å². The van der Waals surface area contributed by atoms with Gasteiger partial charge in [0, 0.05) is 18.2 Å². The summed E-state index contributed by atoms with van der Waals surface area (Å²) >= 11 is 0. The molecule has 1 aromatic heterocycles. The Balaban J connectivity index is 2.82. The van der Waals surface area contributed by atoms with Gasteiger partial charge in [-0.15, -0.1) is 0 Å². The molecule has 1 rings (SSSR count). The first-order chi connectivity index (χ1) is 7.47. The van der Waals surface area contributed by atoms with Crippen LogP contribution in [-0.4, -0.2) is 18.1 Å². The van der Waals surface area contributed by atoms with Crippen LogP contribution in [0, 0.1) is 0 Å². The number of aromatic nitrogens is 1. The van der Waals surface area contributed by atoms with Gasteiger partial charge in [0.25, 0.3) is 0 Å². The number of likely N-dealkylation sites (N-methyl/N-ethyl adjacent to an activating group) is 1. The molecule has 0 amide bonds. The minimum absolute atomic E-state index is 0.163. The maximum absolute atomic E-state index is 12.4. The zero-order valence-electron chi connectivity index (χ0n) is 9.30. The standard InChI is InChI=1S/C11H15F3N2/c1-3-8(15-2)7-9-5-4-6-10(16-9)11(12,13)14/h4-6,8,15H,3,7H2,1-2H3. The van der Waals surface area contributed by atoms with Crippen molar-refractivity contribution in [3.8, 4) is 0 Å². The predicted octanol–water partition coefficient (Wildman–Crippen LogP) is 2.64. The topological polar surface area (TPSA) is 24.9 Å². The van der Waals surface area contributed by atoms with Gasteiger partial charge in [0.05, 0.1) is 0 Å². The first kappa shape index (κ1) is 13.0. The van der Waals surface area contributed by atoms with Crippen molar-refractivity contribution in [1.29, 1.82) is 0 Å². The highest BCUT2D eigenvalue weighted by atomic mass is 19.4. The van der Waals surface area contributed by atoms with Crippen LogP contribution in [0.3, 0.4) is 0 Å². The summed E-state index contributed by atoms with van der Waals surface area (Å²) in [7, 11) is 1.79. The highest BCUT2D eigenvalue weighted by Crippen LogP contribution is 2.27. The Bertz CT molecular complexity index is 332. The Morgan fingerprint density at radius 3 is 2.56 bits per heavy atom. The number of pyridine rings is 1. The van der Waals surface area contributed by atoms with Crippen LogP contribution in [0.1, 0.15) is 24.7 Å². The van der Waals surface area contributed by atoms with E-state index < -0.39 is 11.9 Å². The molecule has 1 aromatic rings. The Morgan fingerprint density at radius 1 is 1.38 bits per heavy atom. The van der Waals surface area contributed by atoms with Crippen LogP contribution in [0.15, 0.2) is 18.2 Å². The maximum atomic E-state index is 12.4. The Morgan fingerprint density at radius 2 is 2.06 bits per heavy atom. The Labute approximate surface area is 92.9 Å². The SMILES string of the molecule is CCC(Cc1cccc(C(F)(F)F)n1)NC. The van der Waals surface area contributed by atoms with Gasteiger partial charge in [0.2, 0.25) is 0 Å². The summed E-state index contributed by atoms with van der Waals surface area (Å²) in [6.07, 6.45) is -3.00. The minimum atomic E-state index is -4.36. The normalized spacial score (nSPS) is 13.8. The van der Waals surface area contributed by atoms with Crippen molar-refractivity contribution in [2.75, 3.05) is 7.05 Å². The van der Waals surface area contributed by atoms with Crippen molar-refractivity contribution in [3.63, 3.8) is 0 Å². The quantitative estimate of drug-likeness (QED) is 0.863. The molecule has 0 saturated heterocycles. The molecule has 16 heavy (non-hydrogen) atoms. The van der Waals surface area contributed by atoms with Crippen molar-refractivity contribution in [2.45, 2.75) is 32.0 Å². The highest BCUT2D eigenvalue weighted by molar-refractivity contribution is 5.14. The van der Waals surface area contributed by atoms with Crippen LogP contribution in [0.5, 0.6) is 0 Å². The second-order valence-corrected chi connectivity index (χ2v) is 3.61. The Hall–Kier alpha value is -1.10. The summed E-state index contributed by atoms with van der Waals surface area (Å²) in [5, 5.41) is 3.04. The summed E-state index contributed by atoms with van der Waals surface area (Å²) in [6.45, 7) is 1.98. The van der Waals surface area contributed by atoms with E-state index in [2.05, 4.69) is 10.3 Å². The van der Waals surface area contributed by atoms with Gasteiger partial charge < -0.3 is 5.32 Å². The lowest BCUT2D eigenvalue weighted by Crippen LogP contribution is -2.27. The van der Waals surface area contributed by atoms with Gasteiger partial charge in [0.1, 0.15) is 5.69 Å². The van der Waals surface area contributed by atoms with Crippen molar-refractivity contribution in [1.82, 2.24) is 10.3 Å². The molecule has 0 saturated carbocycles. The fraction of sp³-hybridized carbons (Fsp3) is 0.545. The summed E-state index contributed by atoms with van der Waals surface area (Å²) in [5.74, 6) is 0. The van der Waals surface area contributed by atoms with E-state index in [9.17, 15) is 13.2 Å². The lowest BCUT2D eigenvalue weighted by molar-refractivity contribution is -0.141. The van der Waals surface area contributed by atoms with Crippen molar-refractivity contribution >= 4 is 0 Å². The van der Waals surface area contributed by atoms with Gasteiger partial charge in [-0.2, -0.15) is 13.2 Å². The van der Waals surface area contributed by atoms with Crippen molar-refractivity contribution < 1.29 is 13.2 Å². The lowest BCUT2D eigenvalue weighted by Gasteiger charge is -2.14. The fourth-order valence-corrected chi connectivity index (χ4v) is 1.45. The van der Waals surface area contributed by atoms with E-state index in [0.29, 0.717) is 12.1 Å². The van der Waals surface area contributed by atoms with Crippen LogP contribution in [0.4, 0.5) is 13.2 Å². The van der Waals surface area contributed by atoms with E-state index in [-0.39, 0.29) is 6.04 Å². The molecule has 90 valence electrons. The van der Waals surface area contributed by atoms with Gasteiger partial charge in [0.15, 0.2) is 0 Å². The molecule has 0 radical (unpaired) electrons. The fourth-order valence-electron chi connectivity index (χ4n) is 1.45. The minimum Gasteiger partial charge on any atom is -0.317 e. The molecule has 1 heterocycles. The third-order valence-electron chi connectivity index (χ3n) is 2.45. The summed E-state index contributed by atoms with van der Waals surface area (Å²) in [5.41, 5.74) is -0.355. The van der Waals surface area contributed by atoms with E-state index in [1.807, 2.05) is 6.92 Å². The first-order valence-corrected chi connectivity index (χ1v) is 5.17. The molecule has 2 nitrogen and oxygen atoms in total. The average molecular weight is 232 g/mol. The molecule has 1 atom stereocenters. The molecule has 0 aliphatic rings. The molecular formula is C11H15F3N2. The van der Waals surface area contributed by atoms with E-state index in [4.69, 9.17) is 0 Å². The Kier molecular flexibility index (Phi) is 4.29. The molecule has 1 unspecified atom stereocenters. The van der Waals surface area contributed by atoms with E-state index in [1.165, 1.54) is 6.07 Å². The third-order valence-corrected chi connectivity index (χ3v) is 2.45. The lowest BCUT2D eigenvalue weighted by atomic mass is 10.1. The third kappa shape index (κ3) is 3.48. The number of nitrogens with zero attached hydrogens (tertiary/aromatic N) is 1. The summed E-state index contributed by atoms with van der Waals surface area (Å²) < 4.78 is 37.2. The smallest absolute Gasteiger partial charge is 0.317 e. The average Bonchev–Trinajstić information content (AvgIpc) is 2.25. The molecule has 0 aliphatic carbocycles. The highest BCUT2D eigenvalue weighted by Gasteiger charge is 2.32. The van der Waals surface area contributed by atoms with Crippen LogP contribution in [0.25, 0.3) is 0 Å². The van der Waals surface area contributed by atoms with Crippen LogP contribution < -0.4 is 5.32 Å². The molecule has 5 heteroatoms. The maximum Gasteiger partial charge on any atom is 0.433 e. The first-order valence-electron chi connectivity index (χ1n) is 5.17. The number of halogens is 3. The van der Waals surface area contributed by atoms with E-state index in [1.54, 1.807) is 13.1 Å². The number of alkyl halides is 3.